The number of nitrogens with two attached hydrogens (primary N) is 1. The molecule has 0 atom stereocenters. The third kappa shape index (κ3) is 1.95. The van der Waals surface area contributed by atoms with Gasteiger partial charge < -0.3 is 5.73 Å². The first-order valence-corrected chi connectivity index (χ1v) is 5.05. The van der Waals surface area contributed by atoms with Gasteiger partial charge in [-0.15, -0.1) is 0 Å². The summed E-state index contributed by atoms with van der Waals surface area (Å²) in [5.41, 5.74) is 7.59. The number of thiazole rings is 1. The average molecular weight is 195 g/mol. The van der Waals surface area contributed by atoms with Gasteiger partial charge in [-0.25, -0.2) is 4.98 Å². The summed E-state index contributed by atoms with van der Waals surface area (Å²) in [5.74, 6) is 0. The summed E-state index contributed by atoms with van der Waals surface area (Å²) in [4.78, 5) is 8.21. The molecule has 2 N–H and O–H groups in total. The van der Waals surface area contributed by atoms with E-state index in [0.29, 0.717) is 5.13 Å². The minimum atomic E-state index is 0.608. The van der Waals surface area contributed by atoms with Crippen molar-refractivity contribution in [3.63, 3.8) is 0 Å². The fraction of sp³-hybridized carbons (Fsp3) is 0.333. The Labute approximate surface area is 81.6 Å². The highest BCUT2D eigenvalue weighted by atomic mass is 32.1. The zero-order valence-electron chi connectivity index (χ0n) is 8.03. The van der Waals surface area contributed by atoms with Crippen LogP contribution in [0.15, 0.2) is 12.4 Å². The van der Waals surface area contributed by atoms with E-state index in [9.17, 15) is 0 Å². The first-order chi connectivity index (χ1) is 6.27. The summed E-state index contributed by atoms with van der Waals surface area (Å²) in [6, 6.07) is 0. The molecule has 3 nitrogen and oxygen atoms in total. The number of aryl methyl sites for hydroxylation is 1. The van der Waals surface area contributed by atoms with Crippen molar-refractivity contribution in [1.82, 2.24) is 9.97 Å². The average Bonchev–Trinajstić information content (AvgIpc) is 2.51. The lowest BCUT2D eigenvalue weighted by molar-refractivity contribution is 1.29. The summed E-state index contributed by atoms with van der Waals surface area (Å²) < 4.78 is 1.06. The van der Waals surface area contributed by atoms with E-state index in [1.54, 1.807) is 12.4 Å². The second-order valence-corrected chi connectivity index (χ2v) is 3.42. The lowest BCUT2D eigenvalue weighted by atomic mass is 10.3. The summed E-state index contributed by atoms with van der Waals surface area (Å²) in [6.07, 6.45) is 3.58. The molecule has 0 aromatic carbocycles. The summed E-state index contributed by atoms with van der Waals surface area (Å²) >= 11 is 1.47. The smallest absolute Gasteiger partial charge is 0.181 e. The molecule has 0 aliphatic rings. The van der Waals surface area contributed by atoms with Crippen molar-refractivity contribution in [2.45, 2.75) is 20.8 Å². The van der Waals surface area contributed by atoms with E-state index in [4.69, 9.17) is 5.73 Å². The SMILES string of the molecule is CC.Cc1cncc2sc(N)nc12. The largest absolute Gasteiger partial charge is 0.375 e. The molecule has 2 rings (SSSR count). The van der Waals surface area contributed by atoms with Crippen LogP contribution in [0.3, 0.4) is 0 Å². The molecule has 0 unspecified atom stereocenters. The Kier molecular flexibility index (Phi) is 3.19. The van der Waals surface area contributed by atoms with Gasteiger partial charge in [0.15, 0.2) is 5.13 Å². The van der Waals surface area contributed by atoms with Crippen LogP contribution in [-0.4, -0.2) is 9.97 Å². The van der Waals surface area contributed by atoms with Crippen LogP contribution < -0.4 is 5.73 Å². The highest BCUT2D eigenvalue weighted by Gasteiger charge is 2.02. The fourth-order valence-corrected chi connectivity index (χ4v) is 1.78. The Hall–Kier alpha value is -1.16. The van der Waals surface area contributed by atoms with Crippen LogP contribution >= 0.6 is 11.3 Å². The molecule has 0 saturated heterocycles. The molecule has 4 heteroatoms. The Bertz CT molecular complexity index is 395. The maximum Gasteiger partial charge on any atom is 0.181 e. The summed E-state index contributed by atoms with van der Waals surface area (Å²) in [6.45, 7) is 5.98. The molecule has 2 aromatic rings. The molecule has 2 aromatic heterocycles. The molecule has 0 saturated carbocycles. The Morgan fingerprint density at radius 2 is 2.00 bits per heavy atom. The predicted molar refractivity (Wildman–Crippen MR) is 57.9 cm³/mol. The molecule has 0 radical (unpaired) electrons. The molecular formula is C9H13N3S. The number of nitrogens with zero attached hydrogens (tertiary/aromatic N) is 2. The van der Waals surface area contributed by atoms with Gasteiger partial charge in [0.05, 0.1) is 10.2 Å². The fourth-order valence-electron chi connectivity index (χ4n) is 0.997. The highest BCUT2D eigenvalue weighted by Crippen LogP contribution is 2.24. The molecule has 0 bridgehead atoms. The number of hydrogen-bond donors (Lipinski definition) is 1. The standard InChI is InChI=1S/C7H7N3S.C2H6/c1-4-2-9-3-5-6(4)10-7(8)11-5;1-2/h2-3H,1H3,(H2,8,10);1-2H3. The number of rotatable bonds is 0. The number of aromatic nitrogens is 2. The number of anilines is 1. The van der Waals surface area contributed by atoms with Crippen LogP contribution in [0.4, 0.5) is 5.13 Å². The monoisotopic (exact) mass is 195 g/mol. The van der Waals surface area contributed by atoms with Gasteiger partial charge in [-0.1, -0.05) is 25.2 Å². The van der Waals surface area contributed by atoms with Crippen molar-refractivity contribution < 1.29 is 0 Å². The van der Waals surface area contributed by atoms with E-state index in [2.05, 4.69) is 9.97 Å². The number of hydrogen-bond acceptors (Lipinski definition) is 4. The van der Waals surface area contributed by atoms with Crippen molar-refractivity contribution in [3.8, 4) is 0 Å². The minimum Gasteiger partial charge on any atom is -0.375 e. The van der Waals surface area contributed by atoms with Crippen LogP contribution in [0.1, 0.15) is 19.4 Å². The topological polar surface area (TPSA) is 51.8 Å². The van der Waals surface area contributed by atoms with Gasteiger partial charge in [-0.3, -0.25) is 4.98 Å². The van der Waals surface area contributed by atoms with Gasteiger partial charge in [-0.2, -0.15) is 0 Å². The summed E-state index contributed by atoms with van der Waals surface area (Å²) in [5, 5.41) is 0.608. The number of nitrogen functional groups attached to an aromatic ring is 1. The maximum absolute atomic E-state index is 5.54. The van der Waals surface area contributed by atoms with Gasteiger partial charge in [0.1, 0.15) is 0 Å². The van der Waals surface area contributed by atoms with Crippen LogP contribution in [0.25, 0.3) is 10.2 Å². The van der Waals surface area contributed by atoms with E-state index in [-0.39, 0.29) is 0 Å². The van der Waals surface area contributed by atoms with E-state index in [1.165, 1.54) is 11.3 Å². The van der Waals surface area contributed by atoms with Gasteiger partial charge in [0.2, 0.25) is 0 Å². The van der Waals surface area contributed by atoms with Crippen molar-refractivity contribution in [3.05, 3.63) is 18.0 Å². The zero-order valence-corrected chi connectivity index (χ0v) is 8.85. The van der Waals surface area contributed by atoms with E-state index in [0.717, 1.165) is 15.8 Å². The molecule has 0 aliphatic heterocycles. The normalized spacial score (nSPS) is 9.46. The van der Waals surface area contributed by atoms with Gasteiger partial charge in [0.25, 0.3) is 0 Å². The Morgan fingerprint density at radius 3 is 2.62 bits per heavy atom. The number of fused-ring (bicyclic) bond motifs is 1. The van der Waals surface area contributed by atoms with E-state index >= 15 is 0 Å². The van der Waals surface area contributed by atoms with Crippen molar-refractivity contribution in [2.24, 2.45) is 0 Å². The quantitative estimate of drug-likeness (QED) is 0.703. The third-order valence-electron chi connectivity index (χ3n) is 1.50. The van der Waals surface area contributed by atoms with E-state index in [1.807, 2.05) is 20.8 Å². The second kappa shape index (κ2) is 4.18. The maximum atomic E-state index is 5.54. The molecule has 13 heavy (non-hydrogen) atoms. The molecule has 0 aliphatic carbocycles. The zero-order chi connectivity index (χ0) is 9.84. The predicted octanol–water partition coefficient (Wildman–Crippen LogP) is 2.61. The van der Waals surface area contributed by atoms with Crippen LogP contribution in [0, 0.1) is 6.92 Å². The second-order valence-electron chi connectivity index (χ2n) is 2.36. The van der Waals surface area contributed by atoms with Crippen LogP contribution in [0.2, 0.25) is 0 Å². The molecule has 2 heterocycles. The van der Waals surface area contributed by atoms with Crippen LogP contribution in [0.5, 0.6) is 0 Å². The van der Waals surface area contributed by atoms with Gasteiger partial charge >= 0.3 is 0 Å². The van der Waals surface area contributed by atoms with Gasteiger partial charge in [0, 0.05) is 12.4 Å². The Morgan fingerprint density at radius 1 is 1.31 bits per heavy atom. The first kappa shape index (κ1) is 9.92. The lowest BCUT2D eigenvalue weighted by Gasteiger charge is -1.89. The molecule has 70 valence electrons. The third-order valence-corrected chi connectivity index (χ3v) is 2.32. The molecular weight excluding hydrogens is 182 g/mol. The first-order valence-electron chi connectivity index (χ1n) is 4.24. The molecule has 0 fully saturated rings. The lowest BCUT2D eigenvalue weighted by Crippen LogP contribution is -1.81. The van der Waals surface area contributed by atoms with Crippen molar-refractivity contribution in [2.75, 3.05) is 5.73 Å². The molecule has 0 amide bonds. The Balaban J connectivity index is 0.000000396. The summed E-state index contributed by atoms with van der Waals surface area (Å²) in [7, 11) is 0. The minimum absolute atomic E-state index is 0.608. The van der Waals surface area contributed by atoms with Crippen LogP contribution in [-0.2, 0) is 0 Å². The van der Waals surface area contributed by atoms with Crippen molar-refractivity contribution in [1.29, 1.82) is 0 Å². The highest BCUT2D eigenvalue weighted by molar-refractivity contribution is 7.22. The van der Waals surface area contributed by atoms with Crippen molar-refractivity contribution >= 4 is 26.7 Å². The van der Waals surface area contributed by atoms with E-state index < -0.39 is 0 Å². The molecule has 0 spiro atoms. The van der Waals surface area contributed by atoms with Gasteiger partial charge in [-0.05, 0) is 12.5 Å². The number of pyridine rings is 1.